The molecule has 0 unspecified atom stereocenters. The molecule has 1 heterocycles. The number of benzene rings is 1. The van der Waals surface area contributed by atoms with Crippen LogP contribution < -0.4 is 5.32 Å². The molecular formula is C18H26ClNO2. The predicted octanol–water partition coefficient (Wildman–Crippen LogP) is 3.94. The minimum atomic E-state index is -0.340. The molecule has 0 spiro atoms. The van der Waals surface area contributed by atoms with E-state index in [2.05, 4.69) is 11.4 Å². The summed E-state index contributed by atoms with van der Waals surface area (Å²) in [5, 5.41) is 3.93. The van der Waals surface area contributed by atoms with Gasteiger partial charge in [0.25, 0.3) is 0 Å². The van der Waals surface area contributed by atoms with Crippen LogP contribution in [-0.4, -0.2) is 25.7 Å². The molecule has 1 fully saturated rings. The van der Waals surface area contributed by atoms with Crippen LogP contribution in [0.25, 0.3) is 0 Å². The quantitative estimate of drug-likeness (QED) is 0.891. The van der Waals surface area contributed by atoms with Gasteiger partial charge in [-0.25, -0.2) is 0 Å². The Morgan fingerprint density at radius 2 is 1.95 bits per heavy atom. The van der Waals surface area contributed by atoms with Crippen LogP contribution in [0.2, 0.25) is 5.02 Å². The lowest BCUT2D eigenvalue weighted by Gasteiger charge is -2.39. The molecule has 1 saturated heterocycles. The molecule has 1 N–H and O–H groups in total. The first kappa shape index (κ1) is 17.3. The van der Waals surface area contributed by atoms with E-state index in [1.54, 1.807) is 0 Å². The van der Waals surface area contributed by atoms with Gasteiger partial charge in [0.1, 0.15) is 0 Å². The van der Waals surface area contributed by atoms with E-state index >= 15 is 0 Å². The van der Waals surface area contributed by atoms with Crippen molar-refractivity contribution in [2.24, 2.45) is 5.41 Å². The van der Waals surface area contributed by atoms with Gasteiger partial charge in [-0.3, -0.25) is 4.79 Å². The molecule has 22 heavy (non-hydrogen) atoms. The summed E-state index contributed by atoms with van der Waals surface area (Å²) in [7, 11) is 0. The van der Waals surface area contributed by atoms with E-state index in [1.807, 2.05) is 39.0 Å². The molecule has 1 amide bonds. The van der Waals surface area contributed by atoms with Crippen LogP contribution in [0, 0.1) is 5.41 Å². The zero-order valence-electron chi connectivity index (χ0n) is 13.7. The van der Waals surface area contributed by atoms with Crippen LogP contribution >= 0.6 is 11.6 Å². The standard InChI is InChI=1S/C18H26ClNO2/c1-4-17(2,3)16(21)20-13-18(9-11-22-12-10-18)14-7-5-6-8-15(14)19/h5-8H,4,9-13H2,1-3H3,(H,20,21). The number of rotatable bonds is 5. The lowest BCUT2D eigenvalue weighted by molar-refractivity contribution is -0.130. The molecule has 0 bridgehead atoms. The number of nitrogens with one attached hydrogen (secondary N) is 1. The van der Waals surface area contributed by atoms with E-state index < -0.39 is 0 Å². The maximum absolute atomic E-state index is 12.4. The Labute approximate surface area is 138 Å². The molecular weight excluding hydrogens is 298 g/mol. The van der Waals surface area contributed by atoms with Gasteiger partial charge in [-0.2, -0.15) is 0 Å². The molecule has 1 aliphatic heterocycles. The average molecular weight is 324 g/mol. The third kappa shape index (κ3) is 3.64. The van der Waals surface area contributed by atoms with Gasteiger partial charge in [-0.1, -0.05) is 50.6 Å². The highest BCUT2D eigenvalue weighted by molar-refractivity contribution is 6.31. The fraction of sp³-hybridized carbons (Fsp3) is 0.611. The largest absolute Gasteiger partial charge is 0.381 e. The molecule has 4 heteroatoms. The number of amides is 1. The van der Waals surface area contributed by atoms with Crippen LogP contribution in [0.1, 0.15) is 45.6 Å². The van der Waals surface area contributed by atoms with Crippen LogP contribution in [0.3, 0.4) is 0 Å². The minimum Gasteiger partial charge on any atom is -0.381 e. The van der Waals surface area contributed by atoms with Crippen molar-refractivity contribution < 1.29 is 9.53 Å². The number of halogens is 1. The summed E-state index contributed by atoms with van der Waals surface area (Å²) in [5.41, 5.74) is 0.651. The van der Waals surface area contributed by atoms with Gasteiger partial charge in [0.2, 0.25) is 5.91 Å². The summed E-state index contributed by atoms with van der Waals surface area (Å²) in [6.45, 7) is 8.03. The first-order valence-corrected chi connectivity index (χ1v) is 8.40. The third-order valence-corrected chi connectivity index (χ3v) is 5.31. The van der Waals surface area contributed by atoms with Crippen LogP contribution in [0.15, 0.2) is 24.3 Å². The number of carbonyl (C=O) groups excluding carboxylic acids is 1. The van der Waals surface area contributed by atoms with Crippen molar-refractivity contribution in [2.75, 3.05) is 19.8 Å². The van der Waals surface area contributed by atoms with Crippen molar-refractivity contribution in [2.45, 2.75) is 45.4 Å². The van der Waals surface area contributed by atoms with E-state index in [-0.39, 0.29) is 16.7 Å². The minimum absolute atomic E-state index is 0.105. The number of carbonyl (C=O) groups is 1. The highest BCUT2D eigenvalue weighted by Crippen LogP contribution is 2.38. The van der Waals surface area contributed by atoms with E-state index in [9.17, 15) is 4.79 Å². The molecule has 1 aromatic carbocycles. The zero-order valence-corrected chi connectivity index (χ0v) is 14.5. The monoisotopic (exact) mass is 323 g/mol. The Kier molecular flexibility index (Phi) is 5.51. The van der Waals surface area contributed by atoms with Crippen LogP contribution in [-0.2, 0) is 14.9 Å². The highest BCUT2D eigenvalue weighted by atomic mass is 35.5. The molecule has 3 nitrogen and oxygen atoms in total. The second-order valence-corrected chi connectivity index (χ2v) is 7.20. The topological polar surface area (TPSA) is 38.3 Å². The summed E-state index contributed by atoms with van der Waals surface area (Å²) in [5.74, 6) is 0.105. The van der Waals surface area contributed by atoms with Crippen molar-refractivity contribution in [1.29, 1.82) is 0 Å². The lowest BCUT2D eigenvalue weighted by atomic mass is 9.73. The second kappa shape index (κ2) is 7.01. The first-order valence-electron chi connectivity index (χ1n) is 8.02. The smallest absolute Gasteiger partial charge is 0.225 e. The van der Waals surface area contributed by atoms with Crippen molar-refractivity contribution in [3.05, 3.63) is 34.9 Å². The summed E-state index contributed by atoms with van der Waals surface area (Å²) in [6, 6.07) is 7.95. The van der Waals surface area contributed by atoms with Crippen LogP contribution in [0.5, 0.6) is 0 Å². The van der Waals surface area contributed by atoms with Crippen LogP contribution in [0.4, 0.5) is 0 Å². The molecule has 0 aromatic heterocycles. The predicted molar refractivity (Wildman–Crippen MR) is 90.3 cm³/mol. The van der Waals surface area contributed by atoms with E-state index in [0.717, 1.165) is 29.8 Å². The Morgan fingerprint density at radius 3 is 2.55 bits per heavy atom. The Morgan fingerprint density at radius 1 is 1.32 bits per heavy atom. The van der Waals surface area contributed by atoms with Gasteiger partial charge in [-0.05, 0) is 30.9 Å². The fourth-order valence-electron chi connectivity index (χ4n) is 2.84. The highest BCUT2D eigenvalue weighted by Gasteiger charge is 2.37. The van der Waals surface area contributed by atoms with E-state index in [1.165, 1.54) is 0 Å². The Balaban J connectivity index is 2.21. The van der Waals surface area contributed by atoms with Gasteiger partial charge < -0.3 is 10.1 Å². The van der Waals surface area contributed by atoms with Gasteiger partial charge >= 0.3 is 0 Å². The molecule has 0 aliphatic carbocycles. The molecule has 1 aromatic rings. The molecule has 0 atom stereocenters. The maximum atomic E-state index is 12.4. The first-order chi connectivity index (χ1) is 10.4. The molecule has 0 radical (unpaired) electrons. The molecule has 2 rings (SSSR count). The van der Waals surface area contributed by atoms with Crippen molar-refractivity contribution in [3.63, 3.8) is 0 Å². The van der Waals surface area contributed by atoms with Crippen molar-refractivity contribution >= 4 is 17.5 Å². The number of hydrogen-bond acceptors (Lipinski definition) is 2. The second-order valence-electron chi connectivity index (χ2n) is 6.79. The number of hydrogen-bond donors (Lipinski definition) is 1. The molecule has 0 saturated carbocycles. The lowest BCUT2D eigenvalue weighted by Crippen LogP contribution is -2.47. The Hall–Kier alpha value is -1.06. The van der Waals surface area contributed by atoms with E-state index in [4.69, 9.17) is 16.3 Å². The SMILES string of the molecule is CCC(C)(C)C(=O)NCC1(c2ccccc2Cl)CCOCC1. The normalized spacial score (nSPS) is 18.0. The summed E-state index contributed by atoms with van der Waals surface area (Å²) >= 11 is 6.43. The average Bonchev–Trinajstić information content (AvgIpc) is 2.53. The zero-order chi connectivity index (χ0) is 16.2. The van der Waals surface area contributed by atoms with Crippen molar-refractivity contribution in [3.8, 4) is 0 Å². The van der Waals surface area contributed by atoms with Gasteiger partial charge in [0, 0.05) is 35.6 Å². The van der Waals surface area contributed by atoms with Gasteiger partial charge in [0.15, 0.2) is 0 Å². The number of ether oxygens (including phenoxy) is 1. The Bertz CT molecular complexity index is 522. The third-order valence-electron chi connectivity index (χ3n) is 4.98. The molecule has 122 valence electrons. The van der Waals surface area contributed by atoms with Crippen molar-refractivity contribution in [1.82, 2.24) is 5.32 Å². The summed E-state index contributed by atoms with van der Waals surface area (Å²) in [6.07, 6.45) is 2.58. The van der Waals surface area contributed by atoms with E-state index in [0.29, 0.717) is 19.8 Å². The summed E-state index contributed by atoms with van der Waals surface area (Å²) < 4.78 is 5.53. The maximum Gasteiger partial charge on any atom is 0.225 e. The van der Waals surface area contributed by atoms with Gasteiger partial charge in [-0.15, -0.1) is 0 Å². The molecule has 1 aliphatic rings. The van der Waals surface area contributed by atoms with Gasteiger partial charge in [0.05, 0.1) is 0 Å². The fourth-order valence-corrected chi connectivity index (χ4v) is 3.18. The summed E-state index contributed by atoms with van der Waals surface area (Å²) in [4.78, 5) is 12.4.